The van der Waals surface area contributed by atoms with Gasteiger partial charge in [0.25, 0.3) is 5.92 Å². The minimum absolute atomic E-state index is 0.0810. The average molecular weight is 361 g/mol. The van der Waals surface area contributed by atoms with Gasteiger partial charge in [0.15, 0.2) is 5.76 Å². The molecule has 0 bridgehead atoms. The topological polar surface area (TPSA) is 75.4 Å². The van der Waals surface area contributed by atoms with Crippen molar-refractivity contribution < 1.29 is 22.8 Å². The SMILES string of the molecule is C=CC(=O)N1CC(C(=O)Nc2ccnc(-c3ccco3)c2)CC(F)(F)C1. The third-order valence-corrected chi connectivity index (χ3v) is 4.07. The Hall–Kier alpha value is -3.03. The molecule has 0 radical (unpaired) electrons. The second-order valence-electron chi connectivity index (χ2n) is 6.08. The molecule has 3 rings (SSSR count). The zero-order chi connectivity index (χ0) is 18.7. The number of hydrogen-bond donors (Lipinski definition) is 1. The molecule has 2 amide bonds. The number of alkyl halides is 2. The lowest BCUT2D eigenvalue weighted by atomic mass is 9.94. The van der Waals surface area contributed by atoms with E-state index in [0.717, 1.165) is 11.0 Å². The Morgan fingerprint density at radius 1 is 1.42 bits per heavy atom. The Kier molecular flexibility index (Phi) is 4.83. The molecule has 1 aliphatic rings. The van der Waals surface area contributed by atoms with Crippen LogP contribution in [0.3, 0.4) is 0 Å². The first-order valence-electron chi connectivity index (χ1n) is 7.98. The number of hydrogen-bond acceptors (Lipinski definition) is 4. The van der Waals surface area contributed by atoms with Crippen molar-refractivity contribution in [2.45, 2.75) is 12.3 Å². The Labute approximate surface area is 148 Å². The molecule has 1 aliphatic heterocycles. The predicted molar refractivity (Wildman–Crippen MR) is 90.4 cm³/mol. The van der Waals surface area contributed by atoms with Crippen molar-refractivity contribution in [3.05, 3.63) is 49.4 Å². The second kappa shape index (κ2) is 7.07. The number of piperidine rings is 1. The highest BCUT2D eigenvalue weighted by Gasteiger charge is 2.44. The molecule has 136 valence electrons. The van der Waals surface area contributed by atoms with E-state index >= 15 is 0 Å². The van der Waals surface area contributed by atoms with Gasteiger partial charge in [-0.2, -0.15) is 0 Å². The summed E-state index contributed by atoms with van der Waals surface area (Å²) in [5.74, 6) is -4.83. The van der Waals surface area contributed by atoms with Gasteiger partial charge in [0.05, 0.1) is 18.7 Å². The molecule has 2 aromatic rings. The van der Waals surface area contributed by atoms with Crippen LogP contribution >= 0.6 is 0 Å². The minimum Gasteiger partial charge on any atom is -0.463 e. The van der Waals surface area contributed by atoms with Gasteiger partial charge in [-0.3, -0.25) is 14.6 Å². The van der Waals surface area contributed by atoms with Gasteiger partial charge < -0.3 is 14.6 Å². The summed E-state index contributed by atoms with van der Waals surface area (Å²) in [6.07, 6.45) is 3.33. The number of halogens is 2. The number of furan rings is 1. The molecule has 1 atom stereocenters. The van der Waals surface area contributed by atoms with Crippen molar-refractivity contribution in [1.82, 2.24) is 9.88 Å². The van der Waals surface area contributed by atoms with Gasteiger partial charge in [0.1, 0.15) is 5.69 Å². The molecular weight excluding hydrogens is 344 g/mol. The fourth-order valence-electron chi connectivity index (χ4n) is 2.88. The zero-order valence-corrected chi connectivity index (χ0v) is 13.8. The highest BCUT2D eigenvalue weighted by molar-refractivity contribution is 5.94. The second-order valence-corrected chi connectivity index (χ2v) is 6.08. The average Bonchev–Trinajstić information content (AvgIpc) is 3.14. The van der Waals surface area contributed by atoms with E-state index in [1.165, 1.54) is 12.5 Å². The molecule has 6 nitrogen and oxygen atoms in total. The molecular formula is C18H17F2N3O3. The molecule has 8 heteroatoms. The lowest BCUT2D eigenvalue weighted by Crippen LogP contribution is -2.51. The van der Waals surface area contributed by atoms with Gasteiger partial charge in [-0.1, -0.05) is 6.58 Å². The van der Waals surface area contributed by atoms with Gasteiger partial charge >= 0.3 is 0 Å². The van der Waals surface area contributed by atoms with Crippen LogP contribution in [-0.2, 0) is 9.59 Å². The van der Waals surface area contributed by atoms with Crippen molar-refractivity contribution in [1.29, 1.82) is 0 Å². The third-order valence-electron chi connectivity index (χ3n) is 4.07. The van der Waals surface area contributed by atoms with Crippen LogP contribution in [0.15, 0.2) is 53.8 Å². The smallest absolute Gasteiger partial charge is 0.266 e. The van der Waals surface area contributed by atoms with Gasteiger partial charge in [-0.05, 0) is 30.3 Å². The van der Waals surface area contributed by atoms with Crippen molar-refractivity contribution >= 4 is 17.5 Å². The highest BCUT2D eigenvalue weighted by atomic mass is 19.3. The number of pyridine rings is 1. The van der Waals surface area contributed by atoms with E-state index in [2.05, 4.69) is 16.9 Å². The number of nitrogens with zero attached hydrogens (tertiary/aromatic N) is 2. The summed E-state index contributed by atoms with van der Waals surface area (Å²) in [4.78, 5) is 29.2. The number of rotatable bonds is 4. The molecule has 0 aromatic carbocycles. The summed E-state index contributed by atoms with van der Waals surface area (Å²) in [7, 11) is 0. The number of carbonyl (C=O) groups is 2. The Bertz CT molecular complexity index is 821. The number of likely N-dealkylation sites (tertiary alicyclic amines) is 1. The van der Waals surface area contributed by atoms with Crippen LogP contribution in [-0.4, -0.2) is 40.7 Å². The van der Waals surface area contributed by atoms with E-state index in [4.69, 9.17) is 4.42 Å². The number of amides is 2. The summed E-state index contributed by atoms with van der Waals surface area (Å²) in [6, 6.07) is 6.56. The fourth-order valence-corrected chi connectivity index (χ4v) is 2.88. The van der Waals surface area contributed by atoms with Gasteiger partial charge in [-0.25, -0.2) is 8.78 Å². The van der Waals surface area contributed by atoms with Gasteiger partial charge in [0, 0.05) is 24.8 Å². The first-order chi connectivity index (χ1) is 12.4. The number of anilines is 1. The van der Waals surface area contributed by atoms with Crippen molar-refractivity contribution in [3.63, 3.8) is 0 Å². The van der Waals surface area contributed by atoms with Crippen LogP contribution in [0.4, 0.5) is 14.5 Å². The lowest BCUT2D eigenvalue weighted by Gasteiger charge is -2.36. The lowest BCUT2D eigenvalue weighted by molar-refractivity contribution is -0.145. The van der Waals surface area contributed by atoms with Crippen LogP contribution in [0.25, 0.3) is 11.5 Å². The quantitative estimate of drug-likeness (QED) is 0.850. The van der Waals surface area contributed by atoms with E-state index in [1.54, 1.807) is 24.3 Å². The molecule has 0 spiro atoms. The van der Waals surface area contributed by atoms with E-state index in [-0.39, 0.29) is 6.54 Å². The van der Waals surface area contributed by atoms with Gasteiger partial charge in [0.2, 0.25) is 11.8 Å². The van der Waals surface area contributed by atoms with Crippen LogP contribution in [0, 0.1) is 5.92 Å². The molecule has 0 saturated carbocycles. The maximum Gasteiger partial charge on any atom is 0.266 e. The Balaban J connectivity index is 1.74. The van der Waals surface area contributed by atoms with Crippen molar-refractivity contribution in [2.24, 2.45) is 5.92 Å². The highest BCUT2D eigenvalue weighted by Crippen LogP contribution is 2.31. The molecule has 2 aromatic heterocycles. The maximum atomic E-state index is 13.9. The largest absolute Gasteiger partial charge is 0.463 e. The van der Waals surface area contributed by atoms with Crippen LogP contribution in [0.2, 0.25) is 0 Å². The maximum absolute atomic E-state index is 13.9. The summed E-state index contributed by atoms with van der Waals surface area (Å²) in [5.41, 5.74) is 0.914. The molecule has 1 unspecified atom stereocenters. The molecule has 1 fully saturated rings. The standard InChI is InChI=1S/C18H17F2N3O3/c1-2-16(24)23-10-12(9-18(19,20)11-23)17(25)22-13-5-6-21-14(8-13)15-4-3-7-26-15/h2-8,12H,1,9-11H2,(H,21,22,25). The fraction of sp³-hybridized carbons (Fsp3) is 0.278. The number of nitrogens with one attached hydrogen (secondary N) is 1. The summed E-state index contributed by atoms with van der Waals surface area (Å²) in [5, 5.41) is 2.61. The van der Waals surface area contributed by atoms with E-state index in [0.29, 0.717) is 17.1 Å². The predicted octanol–water partition coefficient (Wildman–Crippen LogP) is 2.95. The minimum atomic E-state index is -3.13. The first-order valence-corrected chi connectivity index (χ1v) is 7.98. The summed E-state index contributed by atoms with van der Waals surface area (Å²) < 4.78 is 33.1. The van der Waals surface area contributed by atoms with Crippen LogP contribution in [0.5, 0.6) is 0 Å². The molecule has 3 heterocycles. The third kappa shape index (κ3) is 3.96. The summed E-state index contributed by atoms with van der Waals surface area (Å²) >= 11 is 0. The Morgan fingerprint density at radius 2 is 2.23 bits per heavy atom. The first kappa shape index (κ1) is 17.8. The number of aromatic nitrogens is 1. The van der Waals surface area contributed by atoms with Gasteiger partial charge in [-0.15, -0.1) is 0 Å². The van der Waals surface area contributed by atoms with E-state index in [1.807, 2.05) is 0 Å². The monoisotopic (exact) mass is 361 g/mol. The Morgan fingerprint density at radius 3 is 2.92 bits per heavy atom. The van der Waals surface area contributed by atoms with Crippen LogP contribution < -0.4 is 5.32 Å². The van der Waals surface area contributed by atoms with E-state index < -0.39 is 36.6 Å². The van der Waals surface area contributed by atoms with Crippen LogP contribution in [0.1, 0.15) is 6.42 Å². The summed E-state index contributed by atoms with van der Waals surface area (Å²) in [6.45, 7) is 2.51. The molecule has 26 heavy (non-hydrogen) atoms. The number of carbonyl (C=O) groups excluding carboxylic acids is 2. The van der Waals surface area contributed by atoms with E-state index in [9.17, 15) is 18.4 Å². The zero-order valence-electron chi connectivity index (χ0n) is 13.8. The molecule has 1 N–H and O–H groups in total. The van der Waals surface area contributed by atoms with Crippen molar-refractivity contribution in [2.75, 3.05) is 18.4 Å². The van der Waals surface area contributed by atoms with Crippen molar-refractivity contribution in [3.8, 4) is 11.5 Å². The normalized spacial score (nSPS) is 19.0. The molecule has 0 aliphatic carbocycles. The molecule has 1 saturated heterocycles.